The summed E-state index contributed by atoms with van der Waals surface area (Å²) in [6, 6.07) is 0.139. The lowest BCUT2D eigenvalue weighted by molar-refractivity contribution is 0.216. The van der Waals surface area contributed by atoms with Gasteiger partial charge < -0.3 is 4.74 Å². The molecular weight excluding hydrogens is 226 g/mol. The maximum absolute atomic E-state index is 11.7. The van der Waals surface area contributed by atoms with Crippen LogP contribution in [-0.4, -0.2) is 33.9 Å². The molecule has 0 aromatic rings. The summed E-state index contributed by atoms with van der Waals surface area (Å²) in [7, 11) is -1.63. The number of ether oxygens (including phenoxy) is 1. The van der Waals surface area contributed by atoms with E-state index in [4.69, 9.17) is 4.74 Å². The first-order chi connectivity index (χ1) is 7.57. The SMILES string of the molecule is CC[C@@H]1CCC[C@H](NS(=O)(=O)CCOC)C1. The molecule has 1 N–H and O–H groups in total. The molecular formula is C11H23NO3S. The van der Waals surface area contributed by atoms with Gasteiger partial charge in [0.05, 0.1) is 12.4 Å². The van der Waals surface area contributed by atoms with Crippen molar-refractivity contribution < 1.29 is 13.2 Å². The molecule has 0 radical (unpaired) electrons. The van der Waals surface area contributed by atoms with Gasteiger partial charge in [0.2, 0.25) is 10.0 Å². The van der Waals surface area contributed by atoms with Crippen LogP contribution >= 0.6 is 0 Å². The first kappa shape index (κ1) is 13.9. The molecule has 2 atom stereocenters. The Kier molecular flexibility index (Phi) is 5.72. The van der Waals surface area contributed by atoms with Gasteiger partial charge in [-0.3, -0.25) is 0 Å². The second-order valence-electron chi connectivity index (χ2n) is 4.57. The first-order valence-corrected chi connectivity index (χ1v) is 7.71. The normalized spacial score (nSPS) is 26.9. The summed E-state index contributed by atoms with van der Waals surface area (Å²) in [4.78, 5) is 0. The molecule has 0 bridgehead atoms. The molecule has 0 unspecified atom stereocenters. The van der Waals surface area contributed by atoms with E-state index in [1.807, 2.05) is 0 Å². The van der Waals surface area contributed by atoms with Crippen molar-refractivity contribution >= 4 is 10.0 Å². The highest BCUT2D eigenvalue weighted by molar-refractivity contribution is 7.89. The maximum Gasteiger partial charge on any atom is 0.214 e. The van der Waals surface area contributed by atoms with Crippen LogP contribution in [0.2, 0.25) is 0 Å². The van der Waals surface area contributed by atoms with Gasteiger partial charge in [0, 0.05) is 13.2 Å². The highest BCUT2D eigenvalue weighted by Crippen LogP contribution is 2.26. The van der Waals surface area contributed by atoms with Crippen LogP contribution in [0, 0.1) is 5.92 Å². The van der Waals surface area contributed by atoms with Gasteiger partial charge >= 0.3 is 0 Å². The van der Waals surface area contributed by atoms with Crippen molar-refractivity contribution in [3.8, 4) is 0 Å². The Hall–Kier alpha value is -0.130. The molecule has 1 aliphatic carbocycles. The zero-order valence-electron chi connectivity index (χ0n) is 10.2. The van der Waals surface area contributed by atoms with Crippen LogP contribution in [-0.2, 0) is 14.8 Å². The summed E-state index contributed by atoms with van der Waals surface area (Å²) in [5.74, 6) is 0.750. The molecule has 1 saturated carbocycles. The second kappa shape index (κ2) is 6.57. The van der Waals surface area contributed by atoms with Crippen molar-refractivity contribution in [1.29, 1.82) is 0 Å². The molecule has 1 fully saturated rings. The Balaban J connectivity index is 2.40. The van der Waals surface area contributed by atoms with Gasteiger partial charge in [-0.1, -0.05) is 26.2 Å². The number of rotatable bonds is 6. The van der Waals surface area contributed by atoms with E-state index < -0.39 is 10.0 Å². The van der Waals surface area contributed by atoms with Crippen LogP contribution in [0.1, 0.15) is 39.0 Å². The Morgan fingerprint density at radius 3 is 2.75 bits per heavy atom. The third-order valence-electron chi connectivity index (χ3n) is 3.26. The summed E-state index contributed by atoms with van der Waals surface area (Å²) in [6.45, 7) is 2.44. The molecule has 0 aromatic carbocycles. The molecule has 0 heterocycles. The number of hydrogen-bond donors (Lipinski definition) is 1. The molecule has 0 aromatic heterocycles. The molecule has 1 aliphatic rings. The standard InChI is InChI=1S/C11H23NO3S/c1-3-10-5-4-6-11(9-10)12-16(13,14)8-7-15-2/h10-12H,3-9H2,1-2H3/t10-,11+/m1/s1. The van der Waals surface area contributed by atoms with Gasteiger partial charge in [0.25, 0.3) is 0 Å². The van der Waals surface area contributed by atoms with E-state index >= 15 is 0 Å². The quantitative estimate of drug-likeness (QED) is 0.776. The topological polar surface area (TPSA) is 55.4 Å². The third kappa shape index (κ3) is 4.80. The minimum Gasteiger partial charge on any atom is -0.384 e. The molecule has 96 valence electrons. The molecule has 0 amide bonds. The van der Waals surface area contributed by atoms with Crippen molar-refractivity contribution in [2.45, 2.75) is 45.1 Å². The minimum atomic E-state index is -3.15. The lowest BCUT2D eigenvalue weighted by atomic mass is 9.85. The smallest absolute Gasteiger partial charge is 0.214 e. The zero-order valence-corrected chi connectivity index (χ0v) is 11.1. The third-order valence-corrected chi connectivity index (χ3v) is 4.66. The van der Waals surface area contributed by atoms with Gasteiger partial charge in [-0.15, -0.1) is 0 Å². The summed E-state index contributed by atoms with van der Waals surface area (Å²) < 4.78 is 30.9. The average Bonchev–Trinajstić information content (AvgIpc) is 2.26. The molecule has 0 aliphatic heterocycles. The van der Waals surface area contributed by atoms with E-state index in [0.29, 0.717) is 5.92 Å². The minimum absolute atomic E-state index is 0.0663. The van der Waals surface area contributed by atoms with Gasteiger partial charge in [0.15, 0.2) is 0 Å². The average molecular weight is 249 g/mol. The van der Waals surface area contributed by atoms with Crippen molar-refractivity contribution in [3.05, 3.63) is 0 Å². The van der Waals surface area contributed by atoms with E-state index in [2.05, 4.69) is 11.6 Å². The van der Waals surface area contributed by atoms with Gasteiger partial charge in [-0.2, -0.15) is 0 Å². The van der Waals surface area contributed by atoms with Crippen LogP contribution in [0.4, 0.5) is 0 Å². The number of methoxy groups -OCH3 is 1. The van der Waals surface area contributed by atoms with Crippen LogP contribution in [0.15, 0.2) is 0 Å². The fraction of sp³-hybridized carbons (Fsp3) is 1.00. The van der Waals surface area contributed by atoms with Crippen molar-refractivity contribution in [3.63, 3.8) is 0 Å². The monoisotopic (exact) mass is 249 g/mol. The predicted octanol–water partition coefficient (Wildman–Crippen LogP) is 1.52. The summed E-state index contributed by atoms with van der Waals surface area (Å²) in [5, 5.41) is 0. The zero-order chi connectivity index (χ0) is 12.0. The molecule has 5 heteroatoms. The van der Waals surface area contributed by atoms with E-state index in [0.717, 1.165) is 25.7 Å². The largest absolute Gasteiger partial charge is 0.384 e. The molecule has 16 heavy (non-hydrogen) atoms. The Morgan fingerprint density at radius 2 is 2.12 bits per heavy atom. The van der Waals surface area contributed by atoms with Crippen molar-refractivity contribution in [1.82, 2.24) is 4.72 Å². The van der Waals surface area contributed by atoms with Gasteiger partial charge in [0.1, 0.15) is 0 Å². The Labute approximate surface area is 98.8 Å². The maximum atomic E-state index is 11.7. The van der Waals surface area contributed by atoms with E-state index in [-0.39, 0.29) is 18.4 Å². The highest BCUT2D eigenvalue weighted by Gasteiger charge is 2.24. The summed E-state index contributed by atoms with van der Waals surface area (Å²) >= 11 is 0. The van der Waals surface area contributed by atoms with E-state index in [9.17, 15) is 8.42 Å². The van der Waals surface area contributed by atoms with Crippen LogP contribution < -0.4 is 4.72 Å². The van der Waals surface area contributed by atoms with Crippen molar-refractivity contribution in [2.24, 2.45) is 5.92 Å². The number of hydrogen-bond acceptors (Lipinski definition) is 3. The van der Waals surface area contributed by atoms with Crippen molar-refractivity contribution in [2.75, 3.05) is 19.5 Å². The number of nitrogens with one attached hydrogen (secondary N) is 1. The highest BCUT2D eigenvalue weighted by atomic mass is 32.2. The van der Waals surface area contributed by atoms with Crippen LogP contribution in [0.25, 0.3) is 0 Å². The van der Waals surface area contributed by atoms with E-state index in [1.165, 1.54) is 13.5 Å². The molecule has 4 nitrogen and oxygen atoms in total. The lowest BCUT2D eigenvalue weighted by Crippen LogP contribution is -2.40. The fourth-order valence-electron chi connectivity index (χ4n) is 2.27. The van der Waals surface area contributed by atoms with E-state index in [1.54, 1.807) is 0 Å². The van der Waals surface area contributed by atoms with Crippen LogP contribution in [0.5, 0.6) is 0 Å². The fourth-order valence-corrected chi connectivity index (χ4v) is 3.50. The molecule has 1 rings (SSSR count). The Bertz CT molecular complexity index is 290. The molecule has 0 saturated heterocycles. The Morgan fingerprint density at radius 1 is 1.38 bits per heavy atom. The number of sulfonamides is 1. The summed E-state index contributed by atoms with van der Waals surface area (Å²) in [5.41, 5.74) is 0. The first-order valence-electron chi connectivity index (χ1n) is 6.06. The lowest BCUT2D eigenvalue weighted by Gasteiger charge is -2.28. The van der Waals surface area contributed by atoms with Gasteiger partial charge in [-0.05, 0) is 18.8 Å². The predicted molar refractivity (Wildman–Crippen MR) is 64.8 cm³/mol. The summed E-state index contributed by atoms with van der Waals surface area (Å²) in [6.07, 6.45) is 5.49. The molecule has 0 spiro atoms. The van der Waals surface area contributed by atoms with Crippen LogP contribution in [0.3, 0.4) is 0 Å². The second-order valence-corrected chi connectivity index (χ2v) is 6.44. The van der Waals surface area contributed by atoms with Gasteiger partial charge in [-0.25, -0.2) is 13.1 Å².